The third-order valence-electron chi connectivity index (χ3n) is 7.14. The molecule has 0 amide bonds. The van der Waals surface area contributed by atoms with E-state index in [4.69, 9.17) is 0 Å². The predicted molar refractivity (Wildman–Crippen MR) is 140 cm³/mol. The highest BCUT2D eigenvalue weighted by atomic mass is 15.0. The third kappa shape index (κ3) is 3.95. The lowest BCUT2D eigenvalue weighted by molar-refractivity contribution is 0.424. The molecular weight excluding hydrogens is 388 g/mol. The molecule has 1 aliphatic carbocycles. The summed E-state index contributed by atoms with van der Waals surface area (Å²) in [5.74, 6) is 0. The highest BCUT2D eigenvalue weighted by Gasteiger charge is 2.26. The summed E-state index contributed by atoms with van der Waals surface area (Å²) in [6.07, 6.45) is 4.96. The number of rotatable bonds is 4. The van der Waals surface area contributed by atoms with Crippen LogP contribution in [0.5, 0.6) is 0 Å². The average Bonchev–Trinajstić information content (AvgIpc) is 2.76. The van der Waals surface area contributed by atoms with Crippen LogP contribution in [0.2, 0.25) is 0 Å². The minimum absolute atomic E-state index is 0.413. The second-order valence-corrected chi connectivity index (χ2v) is 9.75. The molecule has 0 bridgehead atoms. The first-order valence-electron chi connectivity index (χ1n) is 12.0. The van der Waals surface area contributed by atoms with Crippen LogP contribution in [0.4, 0.5) is 11.4 Å². The number of benzene rings is 4. The van der Waals surface area contributed by atoms with Gasteiger partial charge in [-0.2, -0.15) is 0 Å². The molecule has 4 aromatic carbocycles. The SMILES string of the molecule is Cc1cc(C)c2cccc(N[C@@H]3CCCC[C@H]3Nc3cccc4c(C)cc(C)cc34)c2c1. The van der Waals surface area contributed by atoms with Gasteiger partial charge in [0.1, 0.15) is 0 Å². The molecular formula is C30H34N2. The van der Waals surface area contributed by atoms with E-state index in [9.17, 15) is 0 Å². The minimum atomic E-state index is 0.413. The van der Waals surface area contributed by atoms with Crippen molar-refractivity contribution in [3.05, 3.63) is 82.9 Å². The summed E-state index contributed by atoms with van der Waals surface area (Å²) >= 11 is 0. The number of aryl methyl sites for hydroxylation is 4. The lowest BCUT2D eigenvalue weighted by Gasteiger charge is -2.35. The Morgan fingerprint density at radius 2 is 1.00 bits per heavy atom. The maximum absolute atomic E-state index is 3.96. The first kappa shape index (κ1) is 20.9. The number of anilines is 2. The van der Waals surface area contributed by atoms with Crippen molar-refractivity contribution >= 4 is 32.9 Å². The van der Waals surface area contributed by atoms with E-state index in [1.165, 1.54) is 80.9 Å². The standard InChI is InChI=1S/C30H34N2/c1-19-15-21(3)23-9-7-13-27(25(23)17-19)31-29-11-5-6-12-30(29)32-28-14-8-10-24-22(4)16-20(2)18-26(24)28/h7-10,13-18,29-32H,5-6,11-12H2,1-4H3/t29-,30-/m1/s1. The Labute approximate surface area is 192 Å². The Kier molecular flexibility index (Phi) is 5.55. The van der Waals surface area contributed by atoms with Gasteiger partial charge in [-0.25, -0.2) is 0 Å². The number of hydrogen-bond acceptors (Lipinski definition) is 2. The normalized spacial score (nSPS) is 18.8. The van der Waals surface area contributed by atoms with Crippen LogP contribution in [0.25, 0.3) is 21.5 Å². The zero-order valence-corrected chi connectivity index (χ0v) is 19.8. The molecule has 0 unspecified atom stereocenters. The lowest BCUT2D eigenvalue weighted by Crippen LogP contribution is -2.41. The first-order valence-corrected chi connectivity index (χ1v) is 12.0. The molecule has 0 aliphatic heterocycles. The second-order valence-electron chi connectivity index (χ2n) is 9.75. The van der Waals surface area contributed by atoms with E-state index in [0.717, 1.165) is 0 Å². The van der Waals surface area contributed by atoms with Gasteiger partial charge in [0.25, 0.3) is 0 Å². The topological polar surface area (TPSA) is 24.1 Å². The largest absolute Gasteiger partial charge is 0.380 e. The summed E-state index contributed by atoms with van der Waals surface area (Å²) < 4.78 is 0. The fourth-order valence-corrected chi connectivity index (χ4v) is 5.63. The Bertz CT molecular complexity index is 1190. The molecule has 0 radical (unpaired) electrons. The molecule has 32 heavy (non-hydrogen) atoms. The van der Waals surface area contributed by atoms with Crippen LogP contribution in [0, 0.1) is 27.7 Å². The van der Waals surface area contributed by atoms with Crippen LogP contribution in [-0.2, 0) is 0 Å². The van der Waals surface area contributed by atoms with Gasteiger partial charge >= 0.3 is 0 Å². The quantitative estimate of drug-likeness (QED) is 0.347. The maximum atomic E-state index is 3.96. The first-order chi connectivity index (χ1) is 15.5. The highest BCUT2D eigenvalue weighted by molar-refractivity contribution is 5.97. The number of fused-ring (bicyclic) bond motifs is 2. The Morgan fingerprint density at radius 3 is 1.44 bits per heavy atom. The number of nitrogens with one attached hydrogen (secondary N) is 2. The van der Waals surface area contributed by atoms with E-state index < -0.39 is 0 Å². The van der Waals surface area contributed by atoms with Gasteiger partial charge in [0.05, 0.1) is 0 Å². The van der Waals surface area contributed by atoms with Gasteiger partial charge in [-0.05, 0) is 86.7 Å². The summed E-state index contributed by atoms with van der Waals surface area (Å²) in [4.78, 5) is 0. The average molecular weight is 423 g/mol. The predicted octanol–water partition coefficient (Wildman–Crippen LogP) is 8.06. The maximum Gasteiger partial charge on any atom is 0.0462 e. The van der Waals surface area contributed by atoms with Gasteiger partial charge in [-0.1, -0.05) is 60.4 Å². The van der Waals surface area contributed by atoms with Crippen LogP contribution in [0.3, 0.4) is 0 Å². The van der Waals surface area contributed by atoms with E-state index in [1.54, 1.807) is 0 Å². The molecule has 1 aliphatic rings. The fraction of sp³-hybridized carbons (Fsp3) is 0.333. The van der Waals surface area contributed by atoms with Crippen molar-refractivity contribution < 1.29 is 0 Å². The molecule has 2 atom stereocenters. The minimum Gasteiger partial charge on any atom is -0.380 e. The molecule has 1 saturated carbocycles. The molecule has 0 saturated heterocycles. The summed E-state index contributed by atoms with van der Waals surface area (Å²) in [5.41, 5.74) is 7.87. The van der Waals surface area contributed by atoms with Crippen molar-refractivity contribution in [3.63, 3.8) is 0 Å². The Balaban J connectivity index is 1.48. The molecule has 164 valence electrons. The van der Waals surface area contributed by atoms with Crippen molar-refractivity contribution in [3.8, 4) is 0 Å². The zero-order chi connectivity index (χ0) is 22.2. The third-order valence-corrected chi connectivity index (χ3v) is 7.14. The van der Waals surface area contributed by atoms with Gasteiger partial charge in [0.15, 0.2) is 0 Å². The molecule has 5 rings (SSSR count). The Morgan fingerprint density at radius 1 is 0.562 bits per heavy atom. The van der Waals surface area contributed by atoms with Crippen LogP contribution in [0.1, 0.15) is 47.9 Å². The van der Waals surface area contributed by atoms with Crippen molar-refractivity contribution in [2.75, 3.05) is 10.6 Å². The van der Waals surface area contributed by atoms with Crippen molar-refractivity contribution in [1.29, 1.82) is 0 Å². The smallest absolute Gasteiger partial charge is 0.0462 e. The molecule has 1 fully saturated rings. The van der Waals surface area contributed by atoms with Gasteiger partial charge < -0.3 is 10.6 Å². The van der Waals surface area contributed by atoms with E-state index in [-0.39, 0.29) is 0 Å². The highest BCUT2D eigenvalue weighted by Crippen LogP contribution is 2.33. The molecule has 2 heteroatoms. The number of hydrogen-bond donors (Lipinski definition) is 2. The molecule has 2 N–H and O–H groups in total. The van der Waals surface area contributed by atoms with E-state index in [0.29, 0.717) is 12.1 Å². The molecule has 0 aromatic heterocycles. The van der Waals surface area contributed by atoms with Crippen LogP contribution in [0.15, 0.2) is 60.7 Å². The van der Waals surface area contributed by atoms with Crippen molar-refractivity contribution in [2.24, 2.45) is 0 Å². The van der Waals surface area contributed by atoms with Gasteiger partial charge in [0, 0.05) is 34.2 Å². The summed E-state index contributed by atoms with van der Waals surface area (Å²) in [7, 11) is 0. The molecule has 0 heterocycles. The summed E-state index contributed by atoms with van der Waals surface area (Å²) in [6, 6.07) is 23.4. The van der Waals surface area contributed by atoms with Gasteiger partial charge in [-0.15, -0.1) is 0 Å². The second kappa shape index (κ2) is 8.50. The van der Waals surface area contributed by atoms with E-state index >= 15 is 0 Å². The van der Waals surface area contributed by atoms with E-state index in [2.05, 4.69) is 99.0 Å². The molecule has 0 spiro atoms. The van der Waals surface area contributed by atoms with Crippen LogP contribution >= 0.6 is 0 Å². The van der Waals surface area contributed by atoms with Crippen LogP contribution in [-0.4, -0.2) is 12.1 Å². The van der Waals surface area contributed by atoms with E-state index in [1.807, 2.05) is 0 Å². The zero-order valence-electron chi connectivity index (χ0n) is 19.8. The molecule has 2 nitrogen and oxygen atoms in total. The van der Waals surface area contributed by atoms with Crippen molar-refractivity contribution in [1.82, 2.24) is 0 Å². The summed E-state index contributed by atoms with van der Waals surface area (Å²) in [5, 5.41) is 13.3. The van der Waals surface area contributed by atoms with Crippen molar-refractivity contribution in [2.45, 2.75) is 65.5 Å². The fourth-order valence-electron chi connectivity index (χ4n) is 5.63. The summed E-state index contributed by atoms with van der Waals surface area (Å²) in [6.45, 7) is 8.82. The van der Waals surface area contributed by atoms with Gasteiger partial charge in [-0.3, -0.25) is 0 Å². The molecule has 4 aromatic rings. The van der Waals surface area contributed by atoms with Crippen LogP contribution < -0.4 is 10.6 Å². The Hall–Kier alpha value is -3.00. The van der Waals surface area contributed by atoms with Gasteiger partial charge in [0.2, 0.25) is 0 Å². The lowest BCUT2D eigenvalue weighted by atomic mass is 9.89. The monoisotopic (exact) mass is 422 g/mol.